The molecule has 0 amide bonds. The van der Waals surface area contributed by atoms with E-state index in [-0.39, 0.29) is 0 Å². The first-order valence-electron chi connectivity index (χ1n) is 6.56. The van der Waals surface area contributed by atoms with E-state index in [1.165, 1.54) is 5.56 Å². The molecule has 2 aromatic carbocycles. The molecule has 100 valence electrons. The Morgan fingerprint density at radius 2 is 1.32 bits per heavy atom. The van der Waals surface area contributed by atoms with Crippen LogP contribution >= 0.6 is 15.9 Å². The molecule has 0 heterocycles. The van der Waals surface area contributed by atoms with Crippen molar-refractivity contribution >= 4 is 15.9 Å². The van der Waals surface area contributed by atoms with Crippen LogP contribution in [0.25, 0.3) is 0 Å². The molecule has 0 bridgehead atoms. The van der Waals surface area contributed by atoms with Crippen LogP contribution in [-0.2, 0) is 5.54 Å². The first kappa shape index (κ1) is 14.3. The van der Waals surface area contributed by atoms with Gasteiger partial charge in [0.05, 0.1) is 5.54 Å². The van der Waals surface area contributed by atoms with Gasteiger partial charge in [0.15, 0.2) is 0 Å². The fourth-order valence-electron chi connectivity index (χ4n) is 2.18. The van der Waals surface area contributed by atoms with Crippen LogP contribution < -0.4 is 5.73 Å². The third-order valence-electron chi connectivity index (χ3n) is 3.62. The van der Waals surface area contributed by atoms with Gasteiger partial charge in [0, 0.05) is 4.47 Å². The minimum absolute atomic E-state index is 0.462. The van der Waals surface area contributed by atoms with Gasteiger partial charge in [-0.15, -0.1) is 0 Å². The molecule has 1 atom stereocenters. The lowest BCUT2D eigenvalue weighted by Crippen LogP contribution is -2.34. The molecule has 2 aromatic rings. The zero-order valence-electron chi connectivity index (χ0n) is 11.7. The Bertz CT molecular complexity index is 538. The number of benzene rings is 2. The van der Waals surface area contributed by atoms with E-state index >= 15 is 0 Å². The van der Waals surface area contributed by atoms with Gasteiger partial charge >= 0.3 is 0 Å². The Hall–Kier alpha value is -1.12. The quantitative estimate of drug-likeness (QED) is 0.865. The van der Waals surface area contributed by atoms with Crippen molar-refractivity contribution in [2.45, 2.75) is 32.2 Å². The summed E-state index contributed by atoms with van der Waals surface area (Å²) >= 11 is 3.45. The molecule has 2 heteroatoms. The van der Waals surface area contributed by atoms with Crippen molar-refractivity contribution in [1.82, 2.24) is 0 Å². The molecule has 0 aromatic heterocycles. The summed E-state index contributed by atoms with van der Waals surface area (Å²) in [6.45, 7) is 6.46. The van der Waals surface area contributed by atoms with Crippen LogP contribution in [0.15, 0.2) is 53.0 Å². The molecule has 0 fully saturated rings. The second-order valence-electron chi connectivity index (χ2n) is 5.49. The minimum Gasteiger partial charge on any atom is -0.318 e. The molecule has 2 rings (SSSR count). The maximum atomic E-state index is 6.52. The number of hydrogen-bond donors (Lipinski definition) is 1. The molecular formula is C17H20BrN. The van der Waals surface area contributed by atoms with Crippen molar-refractivity contribution in [1.29, 1.82) is 0 Å². The van der Waals surface area contributed by atoms with Gasteiger partial charge in [-0.2, -0.15) is 0 Å². The van der Waals surface area contributed by atoms with Gasteiger partial charge in [0.2, 0.25) is 0 Å². The largest absolute Gasteiger partial charge is 0.318 e. The van der Waals surface area contributed by atoms with Gasteiger partial charge in [-0.1, -0.05) is 66.2 Å². The maximum Gasteiger partial charge on any atom is 0.0636 e. The summed E-state index contributed by atoms with van der Waals surface area (Å²) in [5, 5.41) is 0. The summed E-state index contributed by atoms with van der Waals surface area (Å²) in [6, 6.07) is 16.8. The lowest BCUT2D eigenvalue weighted by Gasteiger charge is -2.26. The summed E-state index contributed by atoms with van der Waals surface area (Å²) in [6.07, 6.45) is 0. The Labute approximate surface area is 124 Å². The van der Waals surface area contributed by atoms with Crippen LogP contribution in [-0.4, -0.2) is 0 Å². The van der Waals surface area contributed by atoms with Gasteiger partial charge < -0.3 is 5.73 Å². The van der Waals surface area contributed by atoms with E-state index in [0.29, 0.717) is 5.92 Å². The second kappa shape index (κ2) is 5.48. The van der Waals surface area contributed by atoms with Gasteiger partial charge in [0.1, 0.15) is 0 Å². The Morgan fingerprint density at radius 3 is 1.74 bits per heavy atom. The topological polar surface area (TPSA) is 26.0 Å². The average molecular weight is 318 g/mol. The predicted octanol–water partition coefficient (Wildman–Crippen LogP) is 4.79. The number of nitrogens with two attached hydrogens (primary N) is 1. The average Bonchev–Trinajstić information content (AvgIpc) is 2.39. The number of halogens is 1. The van der Waals surface area contributed by atoms with Crippen molar-refractivity contribution in [2.24, 2.45) is 5.73 Å². The Morgan fingerprint density at radius 1 is 0.895 bits per heavy atom. The van der Waals surface area contributed by atoms with Crippen LogP contribution in [0.5, 0.6) is 0 Å². The van der Waals surface area contributed by atoms with Crippen molar-refractivity contribution in [3.05, 3.63) is 69.7 Å². The van der Waals surface area contributed by atoms with Crippen molar-refractivity contribution in [2.75, 3.05) is 0 Å². The molecule has 0 aliphatic rings. The van der Waals surface area contributed by atoms with Gasteiger partial charge in [0.25, 0.3) is 0 Å². The number of rotatable bonds is 3. The zero-order valence-corrected chi connectivity index (χ0v) is 13.2. The Kier molecular flexibility index (Phi) is 4.12. The first-order chi connectivity index (χ1) is 8.91. The number of hydrogen-bond acceptors (Lipinski definition) is 1. The molecule has 1 nitrogen and oxygen atoms in total. The lowest BCUT2D eigenvalue weighted by atomic mass is 9.85. The highest BCUT2D eigenvalue weighted by atomic mass is 79.9. The Balaban J connectivity index is 2.35. The van der Waals surface area contributed by atoms with E-state index in [4.69, 9.17) is 5.73 Å². The highest BCUT2D eigenvalue weighted by molar-refractivity contribution is 9.10. The second-order valence-corrected chi connectivity index (χ2v) is 6.40. The summed E-state index contributed by atoms with van der Waals surface area (Å²) in [5.74, 6) is 0.547. The predicted molar refractivity (Wildman–Crippen MR) is 85.3 cm³/mol. The molecule has 0 spiro atoms. The lowest BCUT2D eigenvalue weighted by molar-refractivity contribution is 0.602. The molecule has 0 aliphatic carbocycles. The molecule has 0 saturated heterocycles. The molecule has 0 radical (unpaired) electrons. The molecular weight excluding hydrogens is 298 g/mol. The van der Waals surface area contributed by atoms with Crippen LogP contribution in [0.2, 0.25) is 0 Å². The molecule has 0 aliphatic heterocycles. The fourth-order valence-corrected chi connectivity index (χ4v) is 2.44. The summed E-state index contributed by atoms with van der Waals surface area (Å²) < 4.78 is 1.07. The summed E-state index contributed by atoms with van der Waals surface area (Å²) in [4.78, 5) is 0. The normalized spacial score (nSPS) is 14.4. The van der Waals surface area contributed by atoms with E-state index in [1.807, 2.05) is 12.1 Å². The highest BCUT2D eigenvalue weighted by Gasteiger charge is 2.23. The smallest absolute Gasteiger partial charge is 0.0636 e. The SMILES string of the molecule is CC(C)c1ccc(C(C)(N)c2ccc(Br)cc2)cc1. The van der Waals surface area contributed by atoms with Crippen LogP contribution in [0, 0.1) is 0 Å². The molecule has 0 saturated carbocycles. The van der Waals surface area contributed by atoms with Gasteiger partial charge in [-0.25, -0.2) is 0 Å². The van der Waals surface area contributed by atoms with Crippen molar-refractivity contribution in [3.63, 3.8) is 0 Å². The highest BCUT2D eigenvalue weighted by Crippen LogP contribution is 2.28. The molecule has 2 N–H and O–H groups in total. The van der Waals surface area contributed by atoms with E-state index in [9.17, 15) is 0 Å². The van der Waals surface area contributed by atoms with Crippen LogP contribution in [0.3, 0.4) is 0 Å². The van der Waals surface area contributed by atoms with Crippen LogP contribution in [0.4, 0.5) is 0 Å². The van der Waals surface area contributed by atoms with E-state index in [0.717, 1.165) is 15.6 Å². The fraction of sp³-hybridized carbons (Fsp3) is 0.294. The van der Waals surface area contributed by atoms with E-state index in [1.54, 1.807) is 0 Å². The zero-order chi connectivity index (χ0) is 14.0. The summed E-state index contributed by atoms with van der Waals surface area (Å²) in [7, 11) is 0. The van der Waals surface area contributed by atoms with Gasteiger partial charge in [-0.3, -0.25) is 0 Å². The monoisotopic (exact) mass is 317 g/mol. The van der Waals surface area contributed by atoms with Crippen LogP contribution in [0.1, 0.15) is 43.4 Å². The first-order valence-corrected chi connectivity index (χ1v) is 7.36. The maximum absolute atomic E-state index is 6.52. The van der Waals surface area contributed by atoms with E-state index in [2.05, 4.69) is 73.1 Å². The van der Waals surface area contributed by atoms with Crippen molar-refractivity contribution < 1.29 is 0 Å². The molecule has 19 heavy (non-hydrogen) atoms. The standard InChI is InChI=1S/C17H20BrN/c1-12(2)13-4-6-14(7-5-13)17(3,19)15-8-10-16(18)11-9-15/h4-12H,19H2,1-3H3. The third kappa shape index (κ3) is 3.07. The molecule has 1 unspecified atom stereocenters. The van der Waals surface area contributed by atoms with E-state index < -0.39 is 5.54 Å². The minimum atomic E-state index is -0.462. The third-order valence-corrected chi connectivity index (χ3v) is 4.15. The summed E-state index contributed by atoms with van der Waals surface area (Å²) in [5.41, 5.74) is 9.66. The van der Waals surface area contributed by atoms with Crippen molar-refractivity contribution in [3.8, 4) is 0 Å². The van der Waals surface area contributed by atoms with Gasteiger partial charge in [-0.05, 0) is 41.7 Å².